The Morgan fingerprint density at radius 1 is 0.524 bits per heavy atom. The van der Waals surface area contributed by atoms with Crippen LogP contribution in [0.2, 0.25) is 0 Å². The third kappa shape index (κ3) is 37.1. The Bertz CT molecular complexity index is 4220. The Labute approximate surface area is 795 Å². The van der Waals surface area contributed by atoms with Crippen molar-refractivity contribution in [3.05, 3.63) is 97.2 Å². The number of nitrogens with one attached hydrogen (secondary N) is 6. The van der Waals surface area contributed by atoms with Crippen molar-refractivity contribution in [3.63, 3.8) is 0 Å². The number of aromatic nitrogens is 8. The number of nitrogens with two attached hydrogens (primary N) is 2. The van der Waals surface area contributed by atoms with Crippen molar-refractivity contribution >= 4 is 162 Å². The van der Waals surface area contributed by atoms with E-state index >= 15 is 0 Å². The summed E-state index contributed by atoms with van der Waals surface area (Å²) in [6.45, 7) is 13.9. The van der Waals surface area contributed by atoms with Gasteiger partial charge >= 0.3 is 40.7 Å². The summed E-state index contributed by atoms with van der Waals surface area (Å²) in [4.78, 5) is 96.6. The number of ether oxygens (including phenoxy) is 13. The summed E-state index contributed by atoms with van der Waals surface area (Å²) in [6.07, 6.45) is 24.4. The van der Waals surface area contributed by atoms with Gasteiger partial charge in [-0.15, -0.1) is 0 Å². The standard InChI is InChI=1S/C14H17N3O4.C13H21N3O3.C12H18IN3O3.C12H14IN3O2.C12H20N4O3.C7H11N3O.C6H9ClO2.CH4.B.Cl3OP.Na.H/c1-19-13-11-7-15-12(9-3-5-21-6-4-9)17(11)8-10(16-13)14(18)20-2;1-9-7-14-11(13(16-9)18-2)8-15-12(17)10-3-5-19-6-4-10;1-18-12-9(14-7-10(13)16-12)6-15-11(17)8-2-4-19-5-3-8;1-17-12-9-6-14-11(8-2-4-18-5-3-8)16(9)7-10(13)15-12;1-18-12-9(14-7-10(13)16-12)6-15-11(17)8-2-4-19-5-3-8;1-5-4-9-6(3-8)7(10-5)11-2;7-6(8)5-1-3-9-4-2-5;;;1-5(2,3)4;;/h7-9H,3-6H2,1-2H3;7,10-11,14H,3-6,8H2,1-2H3,(H,15,17);7-9,14H,2-6H2,1H3,(H,15,17);6-8H,2-5H2,1H3;7-9,14H,2-6,13H2,1H3,(H,15,17);4H,3,8H2,1-2H3;5H,1-4H2;1H4;;;;/q;;;;;;;;;;+1;-1. The molecule has 6 saturated heterocycles. The molecule has 0 bridgehead atoms. The second-order valence-electron chi connectivity index (χ2n) is 27.8. The van der Waals surface area contributed by atoms with Crippen LogP contribution in [0.15, 0.2) is 79.8 Å². The number of esters is 1. The molecule has 3 radical (unpaired) electrons. The molecule has 38 nitrogen and oxygen atoms in total. The zero-order valence-electron chi connectivity index (χ0n) is 71.7. The molecular weight excluding hydrogens is 1960 g/mol. The molecule has 14 rings (SSSR count). The summed E-state index contributed by atoms with van der Waals surface area (Å²) in [5, 5.41) is 14.8. The number of halogens is 6. The largest absolute Gasteiger partial charge is 1.00 e. The van der Waals surface area contributed by atoms with Gasteiger partial charge in [-0.05, 0) is 181 Å². The second-order valence-corrected chi connectivity index (χ2v) is 37.0. The van der Waals surface area contributed by atoms with E-state index in [2.05, 4.69) is 160 Å². The van der Waals surface area contributed by atoms with Crippen LogP contribution in [0.5, 0.6) is 17.6 Å². The van der Waals surface area contributed by atoms with Gasteiger partial charge < -0.3 is 106 Å². The number of amides is 3. The Kier molecular flexibility index (Phi) is 52.4. The van der Waals surface area contributed by atoms with Crippen LogP contribution in [0.4, 0.5) is 0 Å². The minimum absolute atomic E-state index is 0. The van der Waals surface area contributed by atoms with Crippen LogP contribution in [0.1, 0.15) is 138 Å². The molecule has 6 fully saturated rings. The molecule has 0 aliphatic carbocycles. The maximum atomic E-state index is 12.0. The van der Waals surface area contributed by atoms with E-state index in [9.17, 15) is 28.5 Å². The number of rotatable bonds is 17. The minimum atomic E-state index is -3.22. The van der Waals surface area contributed by atoms with Gasteiger partial charge in [0, 0.05) is 187 Å². The van der Waals surface area contributed by atoms with E-state index in [0.717, 1.165) is 145 Å². The quantitative estimate of drug-likeness (QED) is 0.0137. The van der Waals surface area contributed by atoms with Crippen LogP contribution in [0, 0.1) is 34.3 Å². The number of carbonyl (C=O) groups excluding carboxylic acids is 5. The normalized spacial score (nSPS) is 19.2. The van der Waals surface area contributed by atoms with Crippen molar-refractivity contribution < 1.29 is 121 Å². The molecule has 9 aliphatic heterocycles. The van der Waals surface area contributed by atoms with Crippen LogP contribution in [0.25, 0.3) is 11.0 Å². The molecule has 0 spiro atoms. The molecule has 3 atom stereocenters. The Morgan fingerprint density at radius 3 is 1.28 bits per heavy atom. The molecule has 0 aromatic carbocycles. The monoisotopic (exact) mass is 2070 g/mol. The molecule has 124 heavy (non-hydrogen) atoms. The molecule has 14 heterocycles. The van der Waals surface area contributed by atoms with E-state index in [1.165, 1.54) is 21.3 Å². The van der Waals surface area contributed by atoms with Crippen LogP contribution < -0.4 is 87.1 Å². The van der Waals surface area contributed by atoms with Crippen molar-refractivity contribution in [2.24, 2.45) is 50.1 Å². The molecular formula is C77H115BCl4I2N19NaO19P. The van der Waals surface area contributed by atoms with Crippen molar-refractivity contribution in [3.8, 4) is 17.6 Å². The summed E-state index contributed by atoms with van der Waals surface area (Å²) in [7, 11) is 10.8. The Hall–Kier alpha value is -6.27. The molecule has 5 aromatic heterocycles. The first-order chi connectivity index (χ1) is 58.2. The van der Waals surface area contributed by atoms with Gasteiger partial charge in [-0.1, -0.05) is 7.43 Å². The fourth-order valence-electron chi connectivity index (χ4n) is 13.1. The summed E-state index contributed by atoms with van der Waals surface area (Å²) < 4.78 is 82.7. The van der Waals surface area contributed by atoms with Crippen LogP contribution in [-0.4, -0.2) is 261 Å². The van der Waals surface area contributed by atoms with E-state index in [1.54, 1.807) is 53.2 Å². The number of fused-ring (bicyclic) bond motifs is 2. The predicted octanol–water partition coefficient (Wildman–Crippen LogP) is 5.76. The van der Waals surface area contributed by atoms with E-state index in [-0.39, 0.29) is 117 Å². The van der Waals surface area contributed by atoms with Gasteiger partial charge in [0.2, 0.25) is 58.3 Å². The number of hydrogen-bond acceptors (Lipinski definition) is 33. The SMILES string of the molecule is C.COC(=O)c1cn2c(C3CCOCC3)ncc2c(OC)n1.COC1=NC(C)=CNC1CNC(=O)C1CCOCC1.COC1=NC(I)=CNC1CNC(=O)C1CCOCC1.COC1=NC(N)=CNC1CNC(=O)C1CCOCC1.COc1nc(C)cnc1CN.COc1nc(I)cn2c(C3CCOCC3)ncc12.O=C(Cl)C1CCOCC1.O=P(Cl)(Cl)Cl.[B].[H-].[Na+]. The number of allylic oxidation sites excluding steroid dienone is 1. The number of nitrogens with zero attached hydrogens (tertiary/aromatic N) is 11. The Morgan fingerprint density at radius 2 is 0.895 bits per heavy atom. The van der Waals surface area contributed by atoms with Gasteiger partial charge in [-0.2, -0.15) is 4.99 Å². The third-order valence-electron chi connectivity index (χ3n) is 19.6. The maximum absolute atomic E-state index is 12.0. The first kappa shape index (κ1) is 110. The van der Waals surface area contributed by atoms with Crippen LogP contribution >= 0.6 is 95.7 Å². The van der Waals surface area contributed by atoms with Crippen molar-refractivity contribution in [2.45, 2.75) is 135 Å². The first-order valence-electron chi connectivity index (χ1n) is 39.2. The molecule has 683 valence electrons. The van der Waals surface area contributed by atoms with Gasteiger partial charge in [-0.3, -0.25) is 37.5 Å². The maximum Gasteiger partial charge on any atom is 1.00 e. The number of aryl methyl sites for hydroxylation is 1. The van der Waals surface area contributed by atoms with Gasteiger partial charge in [0.05, 0.1) is 73.6 Å². The number of hydrogen-bond donors (Lipinski definition) is 8. The number of aliphatic imine (C=N–C) groups is 3. The Balaban J connectivity index is 0.000000375. The average molecular weight is 2070 g/mol. The van der Waals surface area contributed by atoms with Gasteiger partial charge in [0.1, 0.15) is 59.7 Å². The first-order valence-corrected chi connectivity index (χ1v) is 46.1. The van der Waals surface area contributed by atoms with Gasteiger partial charge in [-0.25, -0.2) is 39.7 Å². The third-order valence-corrected chi connectivity index (χ3v) is 21.0. The van der Waals surface area contributed by atoms with Crippen LogP contribution in [-0.2, 0) is 77.7 Å². The van der Waals surface area contributed by atoms with Crippen molar-refractivity contribution in [2.75, 3.05) is 149 Å². The minimum Gasteiger partial charge on any atom is -1.00 e. The van der Waals surface area contributed by atoms with E-state index in [4.69, 9.17) is 84.6 Å². The van der Waals surface area contributed by atoms with Crippen LogP contribution in [0.3, 0.4) is 0 Å². The number of carbonyl (C=O) groups is 5. The van der Waals surface area contributed by atoms with E-state index in [1.807, 2.05) is 43.0 Å². The molecule has 5 aromatic rings. The average Bonchev–Trinajstić information content (AvgIpc) is 1.65. The summed E-state index contributed by atoms with van der Waals surface area (Å²) in [5.74, 6) is 6.29. The van der Waals surface area contributed by atoms with Gasteiger partial charge in [0.25, 0.3) is 0 Å². The molecule has 3 amide bonds. The molecule has 3 unspecified atom stereocenters. The molecule has 9 aliphatic rings. The molecule has 0 saturated carbocycles. The zero-order chi connectivity index (χ0) is 87.8. The second kappa shape index (κ2) is 59.0. The summed E-state index contributed by atoms with van der Waals surface area (Å²) in [5.41, 5.74) is 15.2. The topological polar surface area (TPSA) is 470 Å². The molecule has 47 heteroatoms. The van der Waals surface area contributed by atoms with E-state index in [0.29, 0.717) is 138 Å². The predicted molar refractivity (Wildman–Crippen MR) is 485 cm³/mol. The molecule has 10 N–H and O–H groups in total. The number of methoxy groups -OCH3 is 7. The summed E-state index contributed by atoms with van der Waals surface area (Å²) >= 11 is 23.4. The van der Waals surface area contributed by atoms with Gasteiger partial charge in [0.15, 0.2) is 5.69 Å². The smallest absolute Gasteiger partial charge is 1.00 e. The zero-order valence-corrected chi connectivity index (χ0v) is 81.0. The van der Waals surface area contributed by atoms with Crippen molar-refractivity contribution in [1.82, 2.24) is 70.6 Å². The van der Waals surface area contributed by atoms with Crippen molar-refractivity contribution in [1.29, 1.82) is 0 Å². The number of imidazole rings is 2. The fourth-order valence-corrected chi connectivity index (χ4v) is 14.3. The van der Waals surface area contributed by atoms with E-state index < -0.39 is 11.2 Å². The summed E-state index contributed by atoms with van der Waals surface area (Å²) in [6, 6.07) is -0.383. The fraction of sp³-hybridized carbons (Fsp3) is 0.610.